The van der Waals surface area contributed by atoms with Crippen LogP contribution in [-0.2, 0) is 20.4 Å². The number of piperidine rings is 1. The minimum Gasteiger partial charge on any atom is -0.349 e. The Balaban J connectivity index is 2.01. The van der Waals surface area contributed by atoms with Crippen LogP contribution >= 0.6 is 0 Å². The average Bonchev–Trinajstić information content (AvgIpc) is 2.61. The van der Waals surface area contributed by atoms with Crippen LogP contribution in [0.15, 0.2) is 24.3 Å². The van der Waals surface area contributed by atoms with Crippen LogP contribution in [-0.4, -0.2) is 50.1 Å². The van der Waals surface area contributed by atoms with Crippen LogP contribution in [0.1, 0.15) is 57.7 Å². The van der Waals surface area contributed by atoms with Crippen LogP contribution in [0.3, 0.4) is 0 Å². The summed E-state index contributed by atoms with van der Waals surface area (Å²) in [7, 11) is -0.447. The lowest BCUT2D eigenvalue weighted by molar-refractivity contribution is -0.126. The summed E-state index contributed by atoms with van der Waals surface area (Å²) in [5.41, 5.74) is 2.39. The van der Waals surface area contributed by atoms with Crippen LogP contribution in [0.25, 0.3) is 0 Å². The van der Waals surface area contributed by atoms with Crippen molar-refractivity contribution in [1.29, 1.82) is 0 Å². The minimum absolute atomic E-state index is 0.0824. The molecule has 7 heteroatoms. The highest BCUT2D eigenvalue weighted by molar-refractivity contribution is 7.86. The molecule has 0 saturated carbocycles. The molecule has 1 fully saturated rings. The van der Waals surface area contributed by atoms with Crippen molar-refractivity contribution in [3.8, 4) is 0 Å². The normalized spacial score (nSPS) is 20.5. The van der Waals surface area contributed by atoms with Gasteiger partial charge in [-0.15, -0.1) is 0 Å². The first-order chi connectivity index (χ1) is 12.4. The number of hydrogen-bond donors (Lipinski definition) is 1. The standard InChI is InChI=1S/C20H33N3O3S/c1-15(16-9-11-18(12-10-16)20(2,3)4)21-19(24)17-8-7-13-23(14-17)27(25,26)22(5)6/h9-12,15,17H,7-8,13-14H2,1-6H3,(H,21,24)/t15-,17-/m1/s1. The highest BCUT2D eigenvalue weighted by atomic mass is 32.2. The van der Waals surface area contributed by atoms with Crippen molar-refractivity contribution >= 4 is 16.1 Å². The Labute approximate surface area is 164 Å². The number of rotatable bonds is 5. The molecule has 0 aliphatic carbocycles. The first-order valence-corrected chi connectivity index (χ1v) is 10.9. The molecular weight excluding hydrogens is 362 g/mol. The van der Waals surface area contributed by atoms with E-state index in [0.717, 1.165) is 5.56 Å². The number of hydrogen-bond acceptors (Lipinski definition) is 3. The van der Waals surface area contributed by atoms with Gasteiger partial charge in [-0.25, -0.2) is 0 Å². The van der Waals surface area contributed by atoms with Gasteiger partial charge in [0, 0.05) is 27.2 Å². The number of carbonyl (C=O) groups is 1. The zero-order chi connectivity index (χ0) is 20.4. The molecule has 0 radical (unpaired) electrons. The molecule has 1 N–H and O–H groups in total. The molecule has 1 heterocycles. The van der Waals surface area contributed by atoms with Crippen LogP contribution in [0.5, 0.6) is 0 Å². The zero-order valence-electron chi connectivity index (χ0n) is 17.3. The zero-order valence-corrected chi connectivity index (χ0v) is 18.1. The molecule has 1 aliphatic rings. The predicted molar refractivity (Wildman–Crippen MR) is 109 cm³/mol. The molecule has 0 aromatic heterocycles. The quantitative estimate of drug-likeness (QED) is 0.833. The van der Waals surface area contributed by atoms with Gasteiger partial charge in [-0.1, -0.05) is 45.0 Å². The first kappa shape index (κ1) is 21.9. The third-order valence-electron chi connectivity index (χ3n) is 5.18. The summed E-state index contributed by atoms with van der Waals surface area (Å²) < 4.78 is 27.3. The van der Waals surface area contributed by atoms with E-state index in [1.54, 1.807) is 0 Å². The van der Waals surface area contributed by atoms with Crippen LogP contribution in [0.2, 0.25) is 0 Å². The molecule has 2 rings (SSSR count). The Morgan fingerprint density at radius 3 is 2.33 bits per heavy atom. The average molecular weight is 396 g/mol. The molecule has 2 atom stereocenters. The summed E-state index contributed by atoms with van der Waals surface area (Å²) in [4.78, 5) is 12.7. The molecule has 0 spiro atoms. The highest BCUT2D eigenvalue weighted by Gasteiger charge is 2.33. The van der Waals surface area contributed by atoms with Crippen molar-refractivity contribution in [1.82, 2.24) is 13.9 Å². The van der Waals surface area contributed by atoms with Crippen molar-refractivity contribution in [3.63, 3.8) is 0 Å². The van der Waals surface area contributed by atoms with Gasteiger partial charge in [-0.3, -0.25) is 4.79 Å². The first-order valence-electron chi connectivity index (χ1n) is 9.51. The fraction of sp³-hybridized carbons (Fsp3) is 0.650. The van der Waals surface area contributed by atoms with Gasteiger partial charge in [0.1, 0.15) is 0 Å². The van der Waals surface area contributed by atoms with Gasteiger partial charge in [-0.05, 0) is 36.3 Å². The monoisotopic (exact) mass is 395 g/mol. The van der Waals surface area contributed by atoms with E-state index < -0.39 is 10.2 Å². The van der Waals surface area contributed by atoms with E-state index in [0.29, 0.717) is 19.4 Å². The molecule has 152 valence electrons. The van der Waals surface area contributed by atoms with Crippen molar-refractivity contribution < 1.29 is 13.2 Å². The molecule has 1 aliphatic heterocycles. The second-order valence-electron chi connectivity index (χ2n) is 8.59. The van der Waals surface area contributed by atoms with Crippen molar-refractivity contribution in [3.05, 3.63) is 35.4 Å². The smallest absolute Gasteiger partial charge is 0.281 e. The van der Waals surface area contributed by atoms with Gasteiger partial charge in [0.05, 0.1) is 12.0 Å². The van der Waals surface area contributed by atoms with Gasteiger partial charge in [-0.2, -0.15) is 17.0 Å². The third kappa shape index (κ3) is 5.30. The van der Waals surface area contributed by atoms with Crippen LogP contribution in [0, 0.1) is 5.92 Å². The number of carbonyl (C=O) groups excluding carboxylic acids is 1. The molecule has 0 bridgehead atoms. The number of nitrogens with zero attached hydrogens (tertiary/aromatic N) is 2. The minimum atomic E-state index is -3.48. The van der Waals surface area contributed by atoms with Crippen LogP contribution in [0.4, 0.5) is 0 Å². The van der Waals surface area contributed by atoms with Gasteiger partial charge in [0.2, 0.25) is 5.91 Å². The van der Waals surface area contributed by atoms with E-state index in [-0.39, 0.29) is 29.8 Å². The topological polar surface area (TPSA) is 69.7 Å². The Bertz CT molecular complexity index is 752. The van der Waals surface area contributed by atoms with Crippen molar-refractivity contribution in [2.24, 2.45) is 5.92 Å². The number of amides is 1. The molecule has 0 unspecified atom stereocenters. The summed E-state index contributed by atoms with van der Waals surface area (Å²) in [6.07, 6.45) is 1.40. The van der Waals surface area contributed by atoms with E-state index in [9.17, 15) is 13.2 Å². The molecular formula is C20H33N3O3S. The molecule has 27 heavy (non-hydrogen) atoms. The largest absolute Gasteiger partial charge is 0.349 e. The number of benzene rings is 1. The maximum atomic E-state index is 12.7. The second kappa shape index (κ2) is 8.29. The molecule has 1 saturated heterocycles. The van der Waals surface area contributed by atoms with Gasteiger partial charge in [0.25, 0.3) is 10.2 Å². The van der Waals surface area contributed by atoms with Gasteiger partial charge < -0.3 is 5.32 Å². The maximum absolute atomic E-state index is 12.7. The summed E-state index contributed by atoms with van der Waals surface area (Å²) in [5, 5.41) is 3.05. The molecule has 6 nitrogen and oxygen atoms in total. The predicted octanol–water partition coefficient (Wildman–Crippen LogP) is 2.68. The number of nitrogens with one attached hydrogen (secondary N) is 1. The van der Waals surface area contributed by atoms with Crippen molar-refractivity contribution in [2.75, 3.05) is 27.2 Å². The Morgan fingerprint density at radius 2 is 1.81 bits per heavy atom. The summed E-state index contributed by atoms with van der Waals surface area (Å²) >= 11 is 0. The van der Waals surface area contributed by atoms with Gasteiger partial charge >= 0.3 is 0 Å². The fourth-order valence-electron chi connectivity index (χ4n) is 3.28. The summed E-state index contributed by atoms with van der Waals surface area (Å²) in [6, 6.07) is 8.19. The molecule has 1 aromatic rings. The maximum Gasteiger partial charge on any atom is 0.281 e. The van der Waals surface area contributed by atoms with E-state index >= 15 is 0 Å². The van der Waals surface area contributed by atoms with Gasteiger partial charge in [0.15, 0.2) is 0 Å². The fourth-order valence-corrected chi connectivity index (χ4v) is 4.47. The molecule has 1 aromatic carbocycles. The Morgan fingerprint density at radius 1 is 1.22 bits per heavy atom. The molecule has 1 amide bonds. The Hall–Kier alpha value is -1.44. The third-order valence-corrected chi connectivity index (χ3v) is 7.09. The van der Waals surface area contributed by atoms with E-state index in [1.165, 1.54) is 28.3 Å². The van der Waals surface area contributed by atoms with E-state index in [1.807, 2.05) is 6.92 Å². The lowest BCUT2D eigenvalue weighted by Gasteiger charge is -2.33. The summed E-state index contributed by atoms with van der Waals surface area (Å²) in [5.74, 6) is -0.397. The lowest BCUT2D eigenvalue weighted by Crippen LogP contribution is -2.49. The van der Waals surface area contributed by atoms with Crippen LogP contribution < -0.4 is 5.32 Å². The van der Waals surface area contributed by atoms with Crippen molar-refractivity contribution in [2.45, 2.75) is 52.0 Å². The summed E-state index contributed by atoms with van der Waals surface area (Å²) in [6.45, 7) is 9.18. The lowest BCUT2D eigenvalue weighted by atomic mass is 9.86. The van der Waals surface area contributed by atoms with E-state index in [4.69, 9.17) is 0 Å². The SMILES string of the molecule is C[C@@H](NC(=O)[C@@H]1CCCN(S(=O)(=O)N(C)C)C1)c1ccc(C(C)(C)C)cc1. The Kier molecular flexibility index (Phi) is 6.71. The highest BCUT2D eigenvalue weighted by Crippen LogP contribution is 2.25. The second-order valence-corrected chi connectivity index (χ2v) is 10.7. The van der Waals surface area contributed by atoms with E-state index in [2.05, 4.69) is 50.4 Å².